The third kappa shape index (κ3) is 2.81. The van der Waals surface area contributed by atoms with Crippen molar-refractivity contribution in [3.05, 3.63) is 28.9 Å². The van der Waals surface area contributed by atoms with Gasteiger partial charge in [0.05, 0.1) is 11.4 Å². The van der Waals surface area contributed by atoms with E-state index in [1.54, 1.807) is 11.4 Å². The molecule has 1 aliphatic heterocycles. The molecule has 10 heteroatoms. The highest BCUT2D eigenvalue weighted by atomic mass is 32.2. The van der Waals surface area contributed by atoms with Gasteiger partial charge in [0.25, 0.3) is 10.0 Å². The Balaban J connectivity index is 2.11. The minimum absolute atomic E-state index is 0.00420. The summed E-state index contributed by atoms with van der Waals surface area (Å²) in [6.07, 6.45) is 2.65. The van der Waals surface area contributed by atoms with Crippen molar-refractivity contribution in [2.75, 3.05) is 13.1 Å². The van der Waals surface area contributed by atoms with Crippen LogP contribution in [0.3, 0.4) is 0 Å². The van der Waals surface area contributed by atoms with Crippen LogP contribution >= 0.6 is 11.3 Å². The SMILES string of the molecule is Cc1nn(S(=O)(=O)c2cccs2)c(C)c1S(=O)(=O)N1CCCCC1. The Morgan fingerprint density at radius 2 is 1.71 bits per heavy atom. The van der Waals surface area contributed by atoms with Crippen LogP contribution in [0.4, 0.5) is 0 Å². The van der Waals surface area contributed by atoms with Crippen LogP contribution < -0.4 is 0 Å². The van der Waals surface area contributed by atoms with Crippen molar-refractivity contribution in [3.63, 3.8) is 0 Å². The summed E-state index contributed by atoms with van der Waals surface area (Å²) in [6, 6.07) is 3.11. The summed E-state index contributed by atoms with van der Waals surface area (Å²) in [5, 5.41) is 5.69. The fourth-order valence-corrected chi connectivity index (χ4v) is 7.29. The average Bonchev–Trinajstić information content (AvgIpc) is 3.17. The molecule has 2 aromatic heterocycles. The average molecular weight is 390 g/mol. The van der Waals surface area contributed by atoms with Crippen LogP contribution in [0.2, 0.25) is 0 Å². The normalized spacial score (nSPS) is 17.2. The Kier molecular flexibility index (Phi) is 4.58. The number of aryl methyl sites for hydroxylation is 1. The van der Waals surface area contributed by atoms with E-state index in [1.165, 1.54) is 24.2 Å². The Bertz CT molecular complexity index is 938. The summed E-state index contributed by atoms with van der Waals surface area (Å²) in [5.74, 6) is 0. The Morgan fingerprint density at radius 1 is 1.04 bits per heavy atom. The minimum atomic E-state index is -3.88. The lowest BCUT2D eigenvalue weighted by Crippen LogP contribution is -2.36. The van der Waals surface area contributed by atoms with Crippen molar-refractivity contribution in [1.29, 1.82) is 0 Å². The third-order valence-corrected chi connectivity index (χ3v) is 9.26. The zero-order chi connectivity index (χ0) is 17.5. The van der Waals surface area contributed by atoms with Crippen molar-refractivity contribution < 1.29 is 16.8 Å². The van der Waals surface area contributed by atoms with Crippen LogP contribution in [0.15, 0.2) is 26.6 Å². The van der Waals surface area contributed by atoms with Gasteiger partial charge in [0.2, 0.25) is 10.0 Å². The maximum Gasteiger partial charge on any atom is 0.292 e. The Hall–Kier alpha value is -1.23. The zero-order valence-electron chi connectivity index (χ0n) is 13.5. The first kappa shape index (κ1) is 17.6. The van der Waals surface area contributed by atoms with Crippen LogP contribution in [0, 0.1) is 13.8 Å². The molecule has 3 rings (SSSR count). The maximum atomic E-state index is 12.9. The Labute approximate surface area is 146 Å². The van der Waals surface area contributed by atoms with Crippen molar-refractivity contribution in [2.45, 2.75) is 42.2 Å². The summed E-state index contributed by atoms with van der Waals surface area (Å²) in [6.45, 7) is 3.94. The molecule has 0 saturated carbocycles. The monoisotopic (exact) mass is 389 g/mol. The predicted molar refractivity (Wildman–Crippen MR) is 91.2 cm³/mol. The second kappa shape index (κ2) is 6.25. The molecule has 0 N–H and O–H groups in total. The first-order chi connectivity index (χ1) is 11.3. The van der Waals surface area contributed by atoms with Crippen molar-refractivity contribution >= 4 is 31.4 Å². The molecule has 0 amide bonds. The van der Waals surface area contributed by atoms with Gasteiger partial charge in [-0.05, 0) is 38.1 Å². The van der Waals surface area contributed by atoms with E-state index >= 15 is 0 Å². The summed E-state index contributed by atoms with van der Waals surface area (Å²) < 4.78 is 53.6. The van der Waals surface area contributed by atoms with E-state index < -0.39 is 20.0 Å². The first-order valence-corrected chi connectivity index (χ1v) is 11.4. The van der Waals surface area contributed by atoms with Gasteiger partial charge in [-0.25, -0.2) is 8.42 Å². The van der Waals surface area contributed by atoms with E-state index in [1.807, 2.05) is 0 Å². The molecule has 0 aliphatic carbocycles. The molecule has 24 heavy (non-hydrogen) atoms. The number of rotatable bonds is 4. The summed E-state index contributed by atoms with van der Waals surface area (Å²) in [5.41, 5.74) is 0.338. The van der Waals surface area contributed by atoms with Crippen LogP contribution in [0.25, 0.3) is 0 Å². The van der Waals surface area contributed by atoms with Gasteiger partial charge in [0.1, 0.15) is 9.10 Å². The standard InChI is InChI=1S/C14H19N3O4S3/c1-11-14(24(20,21)16-8-4-3-5-9-16)12(2)17(15-11)23(18,19)13-7-6-10-22-13/h6-7,10H,3-5,8-9H2,1-2H3. The lowest BCUT2D eigenvalue weighted by atomic mass is 10.2. The largest absolute Gasteiger partial charge is 0.292 e. The predicted octanol–water partition coefficient (Wildman–Crippen LogP) is 1.97. The highest BCUT2D eigenvalue weighted by molar-refractivity contribution is 7.92. The molecular weight excluding hydrogens is 370 g/mol. The van der Waals surface area contributed by atoms with Crippen molar-refractivity contribution in [2.24, 2.45) is 0 Å². The number of sulfonamides is 1. The quantitative estimate of drug-likeness (QED) is 0.798. The van der Waals surface area contributed by atoms with Gasteiger partial charge in [-0.3, -0.25) is 0 Å². The van der Waals surface area contributed by atoms with E-state index in [0.717, 1.165) is 34.7 Å². The molecule has 3 heterocycles. The molecule has 0 spiro atoms. The summed E-state index contributed by atoms with van der Waals surface area (Å²) in [4.78, 5) is 0.00420. The van der Waals surface area contributed by atoms with Gasteiger partial charge in [0, 0.05) is 13.1 Å². The molecule has 7 nitrogen and oxygen atoms in total. The smallest absolute Gasteiger partial charge is 0.207 e. The van der Waals surface area contributed by atoms with Crippen molar-refractivity contribution in [3.8, 4) is 0 Å². The van der Waals surface area contributed by atoms with Gasteiger partial charge >= 0.3 is 0 Å². The highest BCUT2D eigenvalue weighted by Crippen LogP contribution is 2.29. The molecular formula is C14H19N3O4S3. The molecule has 1 fully saturated rings. The fraction of sp³-hybridized carbons (Fsp3) is 0.500. The molecule has 0 bridgehead atoms. The number of hydrogen-bond acceptors (Lipinski definition) is 6. The van der Waals surface area contributed by atoms with Crippen LogP contribution in [-0.2, 0) is 20.0 Å². The minimum Gasteiger partial charge on any atom is -0.207 e. The molecule has 132 valence electrons. The van der Waals surface area contributed by atoms with E-state index in [9.17, 15) is 16.8 Å². The molecule has 0 aromatic carbocycles. The third-order valence-electron chi connectivity index (χ3n) is 4.07. The second-order valence-corrected chi connectivity index (χ2v) is 10.6. The molecule has 0 radical (unpaired) electrons. The van der Waals surface area contributed by atoms with E-state index in [0.29, 0.717) is 13.1 Å². The number of thiophene rings is 1. The van der Waals surface area contributed by atoms with Gasteiger partial charge in [-0.1, -0.05) is 12.5 Å². The van der Waals surface area contributed by atoms with E-state index in [2.05, 4.69) is 5.10 Å². The van der Waals surface area contributed by atoms with Gasteiger partial charge in [0.15, 0.2) is 0 Å². The van der Waals surface area contributed by atoms with Crippen LogP contribution in [0.5, 0.6) is 0 Å². The number of piperidine rings is 1. The first-order valence-electron chi connectivity index (χ1n) is 7.61. The highest BCUT2D eigenvalue weighted by Gasteiger charge is 2.34. The Morgan fingerprint density at radius 3 is 2.29 bits per heavy atom. The van der Waals surface area contributed by atoms with Crippen molar-refractivity contribution in [1.82, 2.24) is 13.5 Å². The number of aromatic nitrogens is 2. The molecule has 0 atom stereocenters. The summed E-state index contributed by atoms with van der Waals surface area (Å²) >= 11 is 1.08. The van der Waals surface area contributed by atoms with Crippen LogP contribution in [-0.4, -0.2) is 43.4 Å². The zero-order valence-corrected chi connectivity index (χ0v) is 15.9. The van der Waals surface area contributed by atoms with E-state index in [-0.39, 0.29) is 20.5 Å². The molecule has 0 unspecified atom stereocenters. The lowest BCUT2D eigenvalue weighted by Gasteiger charge is -2.25. The molecule has 2 aromatic rings. The van der Waals surface area contributed by atoms with Crippen LogP contribution in [0.1, 0.15) is 30.7 Å². The maximum absolute atomic E-state index is 12.9. The van der Waals surface area contributed by atoms with Gasteiger partial charge in [-0.2, -0.15) is 21.9 Å². The van der Waals surface area contributed by atoms with E-state index in [4.69, 9.17) is 0 Å². The summed E-state index contributed by atoms with van der Waals surface area (Å²) in [7, 11) is -7.62. The molecule has 1 saturated heterocycles. The molecule has 1 aliphatic rings. The number of nitrogens with zero attached hydrogens (tertiary/aromatic N) is 3. The van der Waals surface area contributed by atoms with Gasteiger partial charge < -0.3 is 0 Å². The second-order valence-electron chi connectivity index (χ2n) is 5.74. The number of hydrogen-bond donors (Lipinski definition) is 0. The topological polar surface area (TPSA) is 89.3 Å². The van der Waals surface area contributed by atoms with Gasteiger partial charge in [-0.15, -0.1) is 11.3 Å². The fourth-order valence-electron chi connectivity index (χ4n) is 2.94. The lowest BCUT2D eigenvalue weighted by molar-refractivity contribution is 0.346.